The van der Waals surface area contributed by atoms with Gasteiger partial charge >= 0.3 is 0 Å². The van der Waals surface area contributed by atoms with Crippen molar-refractivity contribution >= 4 is 11.6 Å². The van der Waals surface area contributed by atoms with Crippen LogP contribution in [0.25, 0.3) is 0 Å². The van der Waals surface area contributed by atoms with Crippen molar-refractivity contribution in [3.63, 3.8) is 0 Å². The van der Waals surface area contributed by atoms with Gasteiger partial charge in [0.25, 0.3) is 5.56 Å². The van der Waals surface area contributed by atoms with E-state index >= 15 is 0 Å². The summed E-state index contributed by atoms with van der Waals surface area (Å²) < 4.78 is 13.0. The Balaban J connectivity index is 2.39. The van der Waals surface area contributed by atoms with Crippen molar-refractivity contribution in [2.24, 2.45) is 0 Å². The summed E-state index contributed by atoms with van der Waals surface area (Å²) in [4.78, 5) is 18.8. The Kier molecular flexibility index (Phi) is 3.95. The van der Waals surface area contributed by atoms with E-state index in [9.17, 15) is 9.18 Å². The van der Waals surface area contributed by atoms with Crippen LogP contribution in [-0.4, -0.2) is 9.97 Å². The van der Waals surface area contributed by atoms with E-state index < -0.39 is 0 Å². The normalized spacial score (nSPS) is 11.7. The second-order valence-electron chi connectivity index (χ2n) is 5.74. The number of H-pyrrole nitrogens is 1. The lowest BCUT2D eigenvalue weighted by Gasteiger charge is -2.18. The van der Waals surface area contributed by atoms with Gasteiger partial charge in [-0.15, -0.1) is 0 Å². The minimum absolute atomic E-state index is 0.196. The molecule has 0 aliphatic carbocycles. The molecule has 1 N–H and O–H groups in total. The van der Waals surface area contributed by atoms with Crippen LogP contribution in [0.3, 0.4) is 0 Å². The molecular formula is C15H16ClFN2O. The Labute approximate surface area is 121 Å². The smallest absolute Gasteiger partial charge is 0.251 e. The summed E-state index contributed by atoms with van der Waals surface area (Å²) in [5.41, 5.74) is 1.03. The predicted octanol–water partition coefficient (Wildman–Crippen LogP) is 3.45. The van der Waals surface area contributed by atoms with Crippen LogP contribution in [0.4, 0.5) is 4.39 Å². The number of aromatic amines is 1. The van der Waals surface area contributed by atoms with Gasteiger partial charge in [0.2, 0.25) is 0 Å². The summed E-state index contributed by atoms with van der Waals surface area (Å²) in [6, 6.07) is 5.69. The third-order valence-corrected chi connectivity index (χ3v) is 3.28. The SMILES string of the molecule is CC(C)(C)c1cc(=O)[nH]c(Cc2ccc(F)cc2Cl)n1. The molecule has 0 unspecified atom stereocenters. The number of rotatable bonds is 2. The number of nitrogens with zero attached hydrogens (tertiary/aromatic N) is 1. The molecule has 106 valence electrons. The zero-order valence-electron chi connectivity index (χ0n) is 11.6. The van der Waals surface area contributed by atoms with E-state index in [4.69, 9.17) is 11.6 Å². The van der Waals surface area contributed by atoms with Crippen LogP contribution >= 0.6 is 11.6 Å². The first-order valence-electron chi connectivity index (χ1n) is 6.30. The van der Waals surface area contributed by atoms with E-state index in [1.54, 1.807) is 6.07 Å². The van der Waals surface area contributed by atoms with E-state index in [1.807, 2.05) is 20.8 Å². The summed E-state index contributed by atoms with van der Waals surface area (Å²) in [6.45, 7) is 5.97. The molecule has 0 saturated carbocycles. The lowest BCUT2D eigenvalue weighted by Crippen LogP contribution is -2.21. The van der Waals surface area contributed by atoms with E-state index in [0.29, 0.717) is 17.3 Å². The molecule has 0 radical (unpaired) electrons. The number of hydrogen-bond acceptors (Lipinski definition) is 2. The molecule has 0 spiro atoms. The molecule has 20 heavy (non-hydrogen) atoms. The van der Waals surface area contributed by atoms with Gasteiger partial charge in [-0.1, -0.05) is 38.4 Å². The molecule has 1 aromatic heterocycles. The van der Waals surface area contributed by atoms with Gasteiger partial charge in [-0.2, -0.15) is 0 Å². The Morgan fingerprint density at radius 2 is 2.00 bits per heavy atom. The highest BCUT2D eigenvalue weighted by Crippen LogP contribution is 2.21. The van der Waals surface area contributed by atoms with E-state index in [-0.39, 0.29) is 16.8 Å². The average Bonchev–Trinajstić information content (AvgIpc) is 2.31. The fourth-order valence-electron chi connectivity index (χ4n) is 1.82. The van der Waals surface area contributed by atoms with Crippen molar-refractivity contribution in [2.75, 3.05) is 0 Å². The summed E-state index contributed by atoms with van der Waals surface area (Å²) in [5, 5.41) is 0.328. The number of hydrogen-bond donors (Lipinski definition) is 1. The maximum Gasteiger partial charge on any atom is 0.251 e. The van der Waals surface area contributed by atoms with Crippen LogP contribution in [0.15, 0.2) is 29.1 Å². The van der Waals surface area contributed by atoms with Gasteiger partial charge in [0.1, 0.15) is 11.6 Å². The lowest BCUT2D eigenvalue weighted by molar-refractivity contribution is 0.561. The molecule has 0 amide bonds. The molecule has 0 atom stereocenters. The largest absolute Gasteiger partial charge is 0.310 e. The molecule has 0 fully saturated rings. The van der Waals surface area contributed by atoms with Crippen molar-refractivity contribution < 1.29 is 4.39 Å². The van der Waals surface area contributed by atoms with Crippen LogP contribution in [0.2, 0.25) is 5.02 Å². The molecule has 0 aliphatic heterocycles. The minimum Gasteiger partial charge on any atom is -0.310 e. The highest BCUT2D eigenvalue weighted by Gasteiger charge is 2.17. The van der Waals surface area contributed by atoms with Crippen LogP contribution in [-0.2, 0) is 11.8 Å². The van der Waals surface area contributed by atoms with Crippen LogP contribution in [0.5, 0.6) is 0 Å². The molecule has 2 rings (SSSR count). The first kappa shape index (κ1) is 14.7. The summed E-state index contributed by atoms with van der Waals surface area (Å²) in [5.74, 6) is 0.138. The number of benzene rings is 1. The van der Waals surface area contributed by atoms with Gasteiger partial charge in [-0.05, 0) is 17.7 Å². The Morgan fingerprint density at radius 1 is 1.30 bits per heavy atom. The van der Waals surface area contributed by atoms with Crippen LogP contribution in [0, 0.1) is 5.82 Å². The van der Waals surface area contributed by atoms with Gasteiger partial charge < -0.3 is 4.98 Å². The van der Waals surface area contributed by atoms with E-state index in [2.05, 4.69) is 9.97 Å². The average molecular weight is 295 g/mol. The molecule has 0 aliphatic rings. The van der Waals surface area contributed by atoms with Gasteiger partial charge in [-0.25, -0.2) is 9.37 Å². The maximum absolute atomic E-state index is 13.0. The molecule has 1 heterocycles. The molecular weight excluding hydrogens is 279 g/mol. The van der Waals surface area contributed by atoms with Crippen LogP contribution < -0.4 is 5.56 Å². The minimum atomic E-state index is -0.386. The maximum atomic E-state index is 13.0. The number of aromatic nitrogens is 2. The quantitative estimate of drug-likeness (QED) is 0.922. The van der Waals surface area contributed by atoms with Gasteiger partial charge in [0, 0.05) is 22.9 Å². The lowest BCUT2D eigenvalue weighted by atomic mass is 9.92. The molecule has 1 aromatic carbocycles. The molecule has 0 saturated heterocycles. The Morgan fingerprint density at radius 3 is 2.60 bits per heavy atom. The number of nitrogens with one attached hydrogen (secondary N) is 1. The summed E-state index contributed by atoms with van der Waals surface area (Å²) >= 11 is 5.99. The summed E-state index contributed by atoms with van der Waals surface area (Å²) in [6.07, 6.45) is 0.359. The van der Waals surface area contributed by atoms with Crippen molar-refractivity contribution in [2.45, 2.75) is 32.6 Å². The van der Waals surface area contributed by atoms with Crippen molar-refractivity contribution in [3.05, 3.63) is 62.5 Å². The third kappa shape index (κ3) is 3.45. The zero-order valence-corrected chi connectivity index (χ0v) is 12.4. The second-order valence-corrected chi connectivity index (χ2v) is 6.15. The Hall–Kier alpha value is -1.68. The fourth-order valence-corrected chi connectivity index (χ4v) is 2.06. The van der Waals surface area contributed by atoms with E-state index in [1.165, 1.54) is 18.2 Å². The van der Waals surface area contributed by atoms with Gasteiger partial charge in [-0.3, -0.25) is 4.79 Å². The molecule has 5 heteroatoms. The second kappa shape index (κ2) is 5.37. The first-order valence-corrected chi connectivity index (χ1v) is 6.68. The standard InChI is InChI=1S/C15H16ClFN2O/c1-15(2,3)12-8-14(20)19-13(18-12)6-9-4-5-10(17)7-11(9)16/h4-5,7-8H,6H2,1-3H3,(H,18,19,20). The highest BCUT2D eigenvalue weighted by atomic mass is 35.5. The third-order valence-electron chi connectivity index (χ3n) is 2.93. The predicted molar refractivity (Wildman–Crippen MR) is 77.8 cm³/mol. The van der Waals surface area contributed by atoms with Gasteiger partial charge in [0.15, 0.2) is 0 Å². The summed E-state index contributed by atoms with van der Waals surface area (Å²) in [7, 11) is 0. The van der Waals surface area contributed by atoms with Crippen molar-refractivity contribution in [1.29, 1.82) is 0 Å². The van der Waals surface area contributed by atoms with Crippen LogP contribution in [0.1, 0.15) is 37.9 Å². The molecule has 3 nitrogen and oxygen atoms in total. The van der Waals surface area contributed by atoms with Gasteiger partial charge in [0.05, 0.1) is 5.69 Å². The van der Waals surface area contributed by atoms with Crippen molar-refractivity contribution in [1.82, 2.24) is 9.97 Å². The topological polar surface area (TPSA) is 45.8 Å². The fraction of sp³-hybridized carbons (Fsp3) is 0.333. The highest BCUT2D eigenvalue weighted by molar-refractivity contribution is 6.31. The van der Waals surface area contributed by atoms with Crippen molar-refractivity contribution in [3.8, 4) is 0 Å². The molecule has 0 bridgehead atoms. The Bertz CT molecular complexity index is 689. The molecule has 2 aromatic rings. The zero-order chi connectivity index (χ0) is 14.9. The van der Waals surface area contributed by atoms with E-state index in [0.717, 1.165) is 11.3 Å². The monoisotopic (exact) mass is 294 g/mol. The first-order chi connectivity index (χ1) is 9.25. The number of halogens is 2.